The molecule has 1 aliphatic heterocycles. The first-order chi connectivity index (χ1) is 12.4. The van der Waals surface area contributed by atoms with Crippen LogP contribution < -0.4 is 9.47 Å². The minimum Gasteiger partial charge on any atom is -0.485 e. The van der Waals surface area contributed by atoms with Crippen molar-refractivity contribution in [2.45, 2.75) is 24.8 Å². The fourth-order valence-corrected chi connectivity index (χ4v) is 4.18. The molecule has 0 fully saturated rings. The van der Waals surface area contributed by atoms with Gasteiger partial charge >= 0.3 is 0 Å². The van der Waals surface area contributed by atoms with E-state index in [4.69, 9.17) is 9.47 Å². The van der Waals surface area contributed by atoms with Crippen molar-refractivity contribution in [2.24, 2.45) is 0 Å². The average molecular weight is 371 g/mol. The van der Waals surface area contributed by atoms with E-state index in [0.29, 0.717) is 22.6 Å². The first-order valence-electron chi connectivity index (χ1n) is 8.11. The maximum Gasteiger partial charge on any atom is 0.294 e. The van der Waals surface area contributed by atoms with Crippen LogP contribution in [0.2, 0.25) is 0 Å². The van der Waals surface area contributed by atoms with E-state index < -0.39 is 16.2 Å². The van der Waals surface area contributed by atoms with Gasteiger partial charge in [-0.1, -0.05) is 6.07 Å². The molecule has 0 saturated carbocycles. The lowest BCUT2D eigenvalue weighted by Crippen LogP contribution is -2.24. The standard InChI is InChI=1S/C19H17NO5S/c1-11-5-8-17(26(21,22)23)12(2)18(11)16-10-24-15-7-6-14-13(19(15)25-16)4-3-9-20-14/h3-9,16H,10H2,1-2H3,(H,21,22,23). The van der Waals surface area contributed by atoms with Crippen LogP contribution in [0.15, 0.2) is 47.5 Å². The third-order valence-electron chi connectivity index (χ3n) is 4.63. The van der Waals surface area contributed by atoms with E-state index in [1.807, 2.05) is 31.2 Å². The van der Waals surface area contributed by atoms with Gasteiger partial charge in [-0.15, -0.1) is 0 Å². The summed E-state index contributed by atoms with van der Waals surface area (Å²) in [4.78, 5) is 4.20. The highest BCUT2D eigenvalue weighted by atomic mass is 32.2. The maximum atomic E-state index is 11.6. The number of pyridine rings is 1. The van der Waals surface area contributed by atoms with Crippen LogP contribution in [0, 0.1) is 13.8 Å². The smallest absolute Gasteiger partial charge is 0.294 e. The largest absolute Gasteiger partial charge is 0.485 e. The van der Waals surface area contributed by atoms with Crippen molar-refractivity contribution in [2.75, 3.05) is 6.61 Å². The van der Waals surface area contributed by atoms with Crippen LogP contribution >= 0.6 is 0 Å². The van der Waals surface area contributed by atoms with E-state index >= 15 is 0 Å². The number of aromatic nitrogens is 1. The van der Waals surface area contributed by atoms with Crippen LogP contribution in [-0.4, -0.2) is 24.6 Å². The minimum absolute atomic E-state index is 0.118. The van der Waals surface area contributed by atoms with E-state index in [1.54, 1.807) is 19.2 Å². The Bertz CT molecular complexity index is 1120. The first kappa shape index (κ1) is 16.8. The Morgan fingerprint density at radius 3 is 2.73 bits per heavy atom. The summed E-state index contributed by atoms with van der Waals surface area (Å²) in [5.41, 5.74) is 2.82. The van der Waals surface area contributed by atoms with Gasteiger partial charge in [0.2, 0.25) is 0 Å². The molecule has 0 saturated heterocycles. The number of hydrogen-bond donors (Lipinski definition) is 1. The highest BCUT2D eigenvalue weighted by Gasteiger charge is 2.29. The molecule has 1 unspecified atom stereocenters. The van der Waals surface area contributed by atoms with E-state index in [1.165, 1.54) is 6.07 Å². The molecular weight excluding hydrogens is 354 g/mol. The molecule has 1 aliphatic rings. The van der Waals surface area contributed by atoms with Gasteiger partial charge in [-0.2, -0.15) is 8.42 Å². The molecule has 3 aromatic rings. The topological polar surface area (TPSA) is 85.7 Å². The molecule has 2 aromatic carbocycles. The monoisotopic (exact) mass is 371 g/mol. The fraction of sp³-hybridized carbons (Fsp3) is 0.211. The molecule has 1 N–H and O–H groups in total. The summed E-state index contributed by atoms with van der Waals surface area (Å²) in [5.74, 6) is 1.21. The predicted molar refractivity (Wildman–Crippen MR) is 96.3 cm³/mol. The van der Waals surface area contributed by atoms with Crippen LogP contribution in [-0.2, 0) is 10.1 Å². The summed E-state index contributed by atoms with van der Waals surface area (Å²) in [7, 11) is -4.31. The lowest BCUT2D eigenvalue weighted by Gasteiger charge is -2.30. The average Bonchev–Trinajstić information content (AvgIpc) is 2.60. The van der Waals surface area contributed by atoms with Gasteiger partial charge in [0.05, 0.1) is 10.4 Å². The van der Waals surface area contributed by atoms with Gasteiger partial charge in [0.25, 0.3) is 10.1 Å². The Labute approximate surface area is 151 Å². The third kappa shape index (κ3) is 2.69. The van der Waals surface area contributed by atoms with Gasteiger partial charge in [-0.25, -0.2) is 0 Å². The molecule has 2 heterocycles. The number of benzene rings is 2. The zero-order valence-electron chi connectivity index (χ0n) is 14.3. The molecular formula is C19H17NO5S. The second-order valence-corrected chi connectivity index (χ2v) is 7.66. The van der Waals surface area contributed by atoms with Gasteiger partial charge in [0.15, 0.2) is 17.6 Å². The van der Waals surface area contributed by atoms with Gasteiger partial charge < -0.3 is 9.47 Å². The number of nitrogens with zero attached hydrogens (tertiary/aromatic N) is 1. The van der Waals surface area contributed by atoms with E-state index in [-0.39, 0.29) is 11.5 Å². The van der Waals surface area contributed by atoms with Gasteiger partial charge in [-0.3, -0.25) is 9.54 Å². The summed E-state index contributed by atoms with van der Waals surface area (Å²) in [6.07, 6.45) is 1.22. The normalized spacial score (nSPS) is 16.7. The van der Waals surface area contributed by atoms with Crippen LogP contribution in [0.4, 0.5) is 0 Å². The second kappa shape index (κ2) is 5.96. The first-order valence-corrected chi connectivity index (χ1v) is 9.55. The van der Waals surface area contributed by atoms with Crippen LogP contribution in [0.1, 0.15) is 22.8 Å². The van der Waals surface area contributed by atoms with Crippen LogP contribution in [0.5, 0.6) is 11.5 Å². The van der Waals surface area contributed by atoms with Crippen molar-refractivity contribution in [1.82, 2.24) is 4.98 Å². The van der Waals surface area contributed by atoms with Gasteiger partial charge in [-0.05, 0) is 55.3 Å². The van der Waals surface area contributed by atoms with Crippen molar-refractivity contribution in [3.05, 3.63) is 59.3 Å². The zero-order valence-corrected chi connectivity index (χ0v) is 15.1. The Balaban J connectivity index is 1.84. The molecule has 6 nitrogen and oxygen atoms in total. The SMILES string of the molecule is Cc1ccc(S(=O)(=O)O)c(C)c1C1COc2ccc3ncccc3c2O1. The number of hydrogen-bond acceptors (Lipinski definition) is 5. The van der Waals surface area contributed by atoms with Crippen molar-refractivity contribution in [3.63, 3.8) is 0 Å². The number of fused-ring (bicyclic) bond motifs is 3. The Morgan fingerprint density at radius 2 is 1.96 bits per heavy atom. The highest BCUT2D eigenvalue weighted by Crippen LogP contribution is 2.42. The highest BCUT2D eigenvalue weighted by molar-refractivity contribution is 7.85. The minimum atomic E-state index is -4.31. The van der Waals surface area contributed by atoms with Gasteiger partial charge in [0, 0.05) is 17.1 Å². The Morgan fingerprint density at radius 1 is 1.15 bits per heavy atom. The van der Waals surface area contributed by atoms with E-state index in [2.05, 4.69) is 4.98 Å². The molecule has 0 spiro atoms. The van der Waals surface area contributed by atoms with E-state index in [9.17, 15) is 13.0 Å². The lowest BCUT2D eigenvalue weighted by atomic mass is 9.97. The zero-order chi connectivity index (χ0) is 18.5. The van der Waals surface area contributed by atoms with Crippen LogP contribution in [0.25, 0.3) is 10.9 Å². The molecule has 0 aliphatic carbocycles. The van der Waals surface area contributed by atoms with Crippen molar-refractivity contribution in [3.8, 4) is 11.5 Å². The second-order valence-electron chi connectivity index (χ2n) is 6.27. The molecule has 0 amide bonds. The number of aryl methyl sites for hydroxylation is 1. The molecule has 0 radical (unpaired) electrons. The molecule has 26 heavy (non-hydrogen) atoms. The molecule has 134 valence electrons. The summed E-state index contributed by atoms with van der Waals surface area (Å²) in [5, 5.41) is 0.830. The quantitative estimate of drug-likeness (QED) is 0.693. The van der Waals surface area contributed by atoms with Gasteiger partial charge in [0.1, 0.15) is 6.61 Å². The Hall–Kier alpha value is -2.64. The Kier molecular flexibility index (Phi) is 3.86. The fourth-order valence-electron chi connectivity index (χ4n) is 3.44. The summed E-state index contributed by atoms with van der Waals surface area (Å²) in [6, 6.07) is 10.5. The predicted octanol–water partition coefficient (Wildman–Crippen LogP) is 3.61. The van der Waals surface area contributed by atoms with Crippen LogP contribution in [0.3, 0.4) is 0 Å². The molecule has 7 heteroatoms. The summed E-state index contributed by atoms with van der Waals surface area (Å²) in [6.45, 7) is 3.78. The number of rotatable bonds is 2. The van der Waals surface area contributed by atoms with E-state index in [0.717, 1.165) is 16.5 Å². The third-order valence-corrected chi connectivity index (χ3v) is 5.63. The maximum absolute atomic E-state index is 11.6. The van der Waals surface area contributed by atoms with Crippen molar-refractivity contribution in [1.29, 1.82) is 0 Å². The molecule has 1 aromatic heterocycles. The lowest BCUT2D eigenvalue weighted by molar-refractivity contribution is 0.0923. The van der Waals surface area contributed by atoms with Crippen molar-refractivity contribution < 1.29 is 22.4 Å². The molecule has 4 rings (SSSR count). The summed E-state index contributed by atoms with van der Waals surface area (Å²) < 4.78 is 44.9. The molecule has 1 atom stereocenters. The summed E-state index contributed by atoms with van der Waals surface area (Å²) >= 11 is 0. The molecule has 0 bridgehead atoms. The van der Waals surface area contributed by atoms with Crippen molar-refractivity contribution >= 4 is 21.0 Å². The number of ether oxygens (including phenoxy) is 2.